The van der Waals surface area contributed by atoms with Gasteiger partial charge in [0.1, 0.15) is 23.6 Å². The lowest BCUT2D eigenvalue weighted by Crippen LogP contribution is -2.49. The number of hydrogen-bond donors (Lipinski definition) is 3. The molecule has 0 bridgehead atoms. The van der Waals surface area contributed by atoms with Gasteiger partial charge >= 0.3 is 12.2 Å². The van der Waals surface area contributed by atoms with Crippen molar-refractivity contribution < 1.29 is 27.6 Å². The smallest absolute Gasteiger partial charge is 0.339 e. The van der Waals surface area contributed by atoms with Crippen LogP contribution < -0.4 is 16.0 Å². The molecule has 0 unspecified atom stereocenters. The molecular formula is C25H32F3N7O3. The summed E-state index contributed by atoms with van der Waals surface area (Å²) in [6.07, 6.45) is 1.81. The fourth-order valence-electron chi connectivity index (χ4n) is 5.06. The molecule has 1 aliphatic carbocycles. The molecule has 10 nitrogen and oxygen atoms in total. The lowest BCUT2D eigenvalue weighted by Gasteiger charge is -2.32. The molecule has 3 N–H and O–H groups in total. The number of aryl methyl sites for hydroxylation is 1. The third-order valence-corrected chi connectivity index (χ3v) is 7.47. The molecule has 206 valence electrons. The summed E-state index contributed by atoms with van der Waals surface area (Å²) < 4.78 is 40.7. The van der Waals surface area contributed by atoms with E-state index in [0.717, 1.165) is 30.6 Å². The van der Waals surface area contributed by atoms with Crippen molar-refractivity contribution in [3.05, 3.63) is 41.9 Å². The normalized spacial score (nSPS) is 23.5. The molecule has 1 aliphatic heterocycles. The molecule has 2 fully saturated rings. The Hall–Kier alpha value is -3.64. The molecule has 3 atom stereocenters. The van der Waals surface area contributed by atoms with E-state index >= 15 is 0 Å². The number of rotatable bonds is 7. The van der Waals surface area contributed by atoms with Crippen molar-refractivity contribution in [3.63, 3.8) is 0 Å². The van der Waals surface area contributed by atoms with E-state index in [2.05, 4.69) is 27.6 Å². The number of pyridine rings is 1. The average molecular weight is 536 g/mol. The standard InChI is InChI=1S/C25H32F3N7O3/c1-14-4-6-16(7-5-14)21(33-22(36)18-9-11-30-34(18)3)23(37)32-20-12-17(8-10-29-20)15(2)35-13-19(25(26,27)28)31-24(35)38/h8-12,14-16,19,21H,4-7,13H2,1-3H3,(H,31,38)(H,33,36)(H,29,32,37)/t14?,15-,16?,19+,21-/m1/s1. The molecule has 1 saturated carbocycles. The van der Waals surface area contributed by atoms with Gasteiger partial charge in [0.15, 0.2) is 0 Å². The van der Waals surface area contributed by atoms with Gasteiger partial charge in [-0.15, -0.1) is 0 Å². The van der Waals surface area contributed by atoms with Crippen molar-refractivity contribution in [2.75, 3.05) is 11.9 Å². The van der Waals surface area contributed by atoms with Gasteiger partial charge in [-0.25, -0.2) is 9.78 Å². The molecule has 0 radical (unpaired) electrons. The van der Waals surface area contributed by atoms with Gasteiger partial charge in [0.2, 0.25) is 5.91 Å². The second kappa shape index (κ2) is 11.0. The third kappa shape index (κ3) is 6.08. The lowest BCUT2D eigenvalue weighted by molar-refractivity contribution is -0.150. The maximum Gasteiger partial charge on any atom is 0.410 e. The maximum absolute atomic E-state index is 13.4. The van der Waals surface area contributed by atoms with Gasteiger partial charge in [-0.1, -0.05) is 19.8 Å². The highest BCUT2D eigenvalue weighted by atomic mass is 19.4. The highest BCUT2D eigenvalue weighted by Gasteiger charge is 2.48. The first-order valence-corrected chi connectivity index (χ1v) is 12.6. The summed E-state index contributed by atoms with van der Waals surface area (Å²) in [5.41, 5.74) is 0.831. The molecule has 0 spiro atoms. The van der Waals surface area contributed by atoms with Crippen molar-refractivity contribution in [3.8, 4) is 0 Å². The average Bonchev–Trinajstić information content (AvgIpc) is 3.48. The van der Waals surface area contributed by atoms with Crippen LogP contribution in [0.4, 0.5) is 23.8 Å². The van der Waals surface area contributed by atoms with Crippen LogP contribution in [0.1, 0.15) is 61.6 Å². The van der Waals surface area contributed by atoms with E-state index in [1.165, 1.54) is 23.1 Å². The zero-order chi connectivity index (χ0) is 27.6. The Morgan fingerprint density at radius 3 is 2.47 bits per heavy atom. The number of alkyl halides is 3. The first kappa shape index (κ1) is 27.4. The number of anilines is 1. The summed E-state index contributed by atoms with van der Waals surface area (Å²) in [7, 11) is 1.64. The lowest BCUT2D eigenvalue weighted by atomic mass is 9.79. The predicted octanol–water partition coefficient (Wildman–Crippen LogP) is 3.40. The molecule has 4 rings (SSSR count). The second-order valence-corrected chi connectivity index (χ2v) is 10.1. The topological polar surface area (TPSA) is 121 Å². The van der Waals surface area contributed by atoms with Gasteiger partial charge in [0.25, 0.3) is 5.91 Å². The summed E-state index contributed by atoms with van der Waals surface area (Å²) in [4.78, 5) is 43.9. The van der Waals surface area contributed by atoms with E-state index in [9.17, 15) is 27.6 Å². The Balaban J connectivity index is 1.49. The molecule has 2 aliphatic rings. The van der Waals surface area contributed by atoms with Crippen LogP contribution in [0.5, 0.6) is 0 Å². The van der Waals surface area contributed by atoms with Gasteiger partial charge in [-0.05, 0) is 55.4 Å². The van der Waals surface area contributed by atoms with Crippen LogP contribution >= 0.6 is 0 Å². The van der Waals surface area contributed by atoms with E-state index < -0.39 is 48.7 Å². The summed E-state index contributed by atoms with van der Waals surface area (Å²) in [6, 6.07) is 0.411. The Morgan fingerprint density at radius 2 is 1.87 bits per heavy atom. The SMILES string of the molecule is CC1CCC([C@@H](NC(=O)c2ccnn2C)C(=O)Nc2cc([C@@H](C)N3C[C@@H](C(F)(F)F)NC3=O)ccn2)CC1. The summed E-state index contributed by atoms with van der Waals surface area (Å²) >= 11 is 0. The fraction of sp³-hybridized carbons (Fsp3) is 0.560. The molecule has 1 saturated heterocycles. The third-order valence-electron chi connectivity index (χ3n) is 7.47. The van der Waals surface area contributed by atoms with Crippen LogP contribution in [0.25, 0.3) is 0 Å². The van der Waals surface area contributed by atoms with E-state index in [1.54, 1.807) is 26.1 Å². The van der Waals surface area contributed by atoms with Crippen LogP contribution in [-0.4, -0.2) is 62.3 Å². The number of hydrogen-bond acceptors (Lipinski definition) is 5. The Bertz CT molecular complexity index is 1180. The predicted molar refractivity (Wildman–Crippen MR) is 132 cm³/mol. The Kier molecular flexibility index (Phi) is 7.93. The van der Waals surface area contributed by atoms with Gasteiger partial charge in [0.05, 0.1) is 12.6 Å². The minimum absolute atomic E-state index is 0.0712. The number of carbonyl (C=O) groups is 3. The maximum atomic E-state index is 13.4. The number of carbonyl (C=O) groups excluding carboxylic acids is 3. The quantitative estimate of drug-likeness (QED) is 0.502. The number of halogens is 3. The molecular weight excluding hydrogens is 503 g/mol. The highest BCUT2D eigenvalue weighted by molar-refractivity contribution is 6.00. The van der Waals surface area contributed by atoms with Gasteiger partial charge in [0, 0.05) is 19.4 Å². The zero-order valence-corrected chi connectivity index (χ0v) is 21.5. The zero-order valence-electron chi connectivity index (χ0n) is 21.5. The monoisotopic (exact) mass is 535 g/mol. The van der Waals surface area contributed by atoms with Crippen LogP contribution in [-0.2, 0) is 11.8 Å². The fourth-order valence-corrected chi connectivity index (χ4v) is 5.06. The molecule has 13 heteroatoms. The molecule has 4 amide bonds. The number of aromatic nitrogens is 3. The van der Waals surface area contributed by atoms with Gasteiger partial charge in [-0.2, -0.15) is 18.3 Å². The van der Waals surface area contributed by atoms with Crippen LogP contribution in [0.2, 0.25) is 0 Å². The summed E-state index contributed by atoms with van der Waals surface area (Å²) in [5, 5.41) is 11.6. The molecule has 3 heterocycles. The Morgan fingerprint density at radius 1 is 1.16 bits per heavy atom. The first-order valence-electron chi connectivity index (χ1n) is 12.6. The molecule has 2 aromatic heterocycles. The van der Waals surface area contributed by atoms with Gasteiger partial charge < -0.3 is 20.9 Å². The van der Waals surface area contributed by atoms with Crippen LogP contribution in [0, 0.1) is 11.8 Å². The van der Waals surface area contributed by atoms with E-state index in [1.807, 2.05) is 5.32 Å². The van der Waals surface area contributed by atoms with Gasteiger partial charge in [-0.3, -0.25) is 14.3 Å². The summed E-state index contributed by atoms with van der Waals surface area (Å²) in [6.45, 7) is 3.25. The number of amides is 4. The van der Waals surface area contributed by atoms with Crippen LogP contribution in [0.15, 0.2) is 30.6 Å². The minimum atomic E-state index is -4.55. The molecule has 2 aromatic rings. The number of nitrogens with zero attached hydrogens (tertiary/aromatic N) is 4. The summed E-state index contributed by atoms with van der Waals surface area (Å²) in [5.74, 6) is -0.206. The molecule has 0 aromatic carbocycles. The number of nitrogens with one attached hydrogen (secondary N) is 3. The van der Waals surface area contributed by atoms with E-state index in [4.69, 9.17) is 0 Å². The van der Waals surface area contributed by atoms with E-state index in [-0.39, 0.29) is 11.7 Å². The van der Waals surface area contributed by atoms with Crippen molar-refractivity contribution in [1.82, 2.24) is 30.3 Å². The van der Waals surface area contributed by atoms with Crippen molar-refractivity contribution >= 4 is 23.7 Å². The number of urea groups is 1. The van der Waals surface area contributed by atoms with E-state index in [0.29, 0.717) is 17.2 Å². The van der Waals surface area contributed by atoms with Crippen molar-refractivity contribution in [2.45, 2.75) is 63.8 Å². The highest BCUT2D eigenvalue weighted by Crippen LogP contribution is 2.32. The minimum Gasteiger partial charge on any atom is -0.339 e. The second-order valence-electron chi connectivity index (χ2n) is 10.1. The van der Waals surface area contributed by atoms with Crippen molar-refractivity contribution in [1.29, 1.82) is 0 Å². The van der Waals surface area contributed by atoms with Crippen molar-refractivity contribution in [2.24, 2.45) is 18.9 Å². The first-order chi connectivity index (χ1) is 17.9. The Labute approximate surface area is 218 Å². The van der Waals surface area contributed by atoms with Crippen LogP contribution in [0.3, 0.4) is 0 Å². The molecule has 38 heavy (non-hydrogen) atoms. The largest absolute Gasteiger partial charge is 0.410 e.